The number of nitrogens with one attached hydrogen (secondary N) is 1. The Balaban J connectivity index is 1.68. The third-order valence-corrected chi connectivity index (χ3v) is 8.59. The molecule has 0 spiro atoms. The highest BCUT2D eigenvalue weighted by molar-refractivity contribution is 7.92. The van der Waals surface area contributed by atoms with Gasteiger partial charge in [-0.2, -0.15) is 0 Å². The van der Waals surface area contributed by atoms with Crippen LogP contribution in [0.15, 0.2) is 65.6 Å². The first-order valence-electron chi connectivity index (χ1n) is 11.1. The molecule has 0 fully saturated rings. The number of benzene rings is 3. The second-order valence-corrected chi connectivity index (χ2v) is 11.8. The molecular formula is C25H24Cl2N4O4S2. The molecule has 4 rings (SSSR count). The monoisotopic (exact) mass is 578 g/mol. The van der Waals surface area contributed by atoms with Crippen LogP contribution in [0.1, 0.15) is 10.4 Å². The van der Waals surface area contributed by atoms with Crippen molar-refractivity contribution >= 4 is 71.5 Å². The van der Waals surface area contributed by atoms with Crippen molar-refractivity contribution in [3.8, 4) is 5.75 Å². The number of hydrogen-bond acceptors (Lipinski definition) is 7. The number of amides is 1. The van der Waals surface area contributed by atoms with Gasteiger partial charge in [0.2, 0.25) is 0 Å². The number of ether oxygens (including phenoxy) is 1. The Labute approximate surface area is 229 Å². The number of anilines is 2. The number of carbonyl (C=O) groups excluding carboxylic acids is 1. The lowest BCUT2D eigenvalue weighted by atomic mass is 10.2. The average Bonchev–Trinajstić information content (AvgIpc) is 3.30. The van der Waals surface area contributed by atoms with Crippen LogP contribution in [0.3, 0.4) is 0 Å². The molecule has 0 saturated carbocycles. The summed E-state index contributed by atoms with van der Waals surface area (Å²) >= 11 is 13.6. The molecule has 0 unspecified atom stereocenters. The Bertz CT molecular complexity index is 1540. The van der Waals surface area contributed by atoms with Crippen LogP contribution in [0.4, 0.5) is 10.8 Å². The zero-order valence-corrected chi connectivity index (χ0v) is 23.4. The van der Waals surface area contributed by atoms with Gasteiger partial charge in [-0.25, -0.2) is 13.4 Å². The van der Waals surface area contributed by atoms with Crippen LogP contribution >= 0.6 is 34.5 Å². The molecule has 0 bridgehead atoms. The molecule has 1 heterocycles. The molecule has 3 aromatic carbocycles. The van der Waals surface area contributed by atoms with E-state index in [1.807, 2.05) is 19.0 Å². The van der Waals surface area contributed by atoms with Crippen molar-refractivity contribution in [3.05, 3.63) is 76.3 Å². The number of halogens is 2. The third kappa shape index (κ3) is 6.16. The Hall–Kier alpha value is -2.89. The van der Waals surface area contributed by atoms with E-state index in [0.29, 0.717) is 49.8 Å². The number of hydrogen-bond donors (Lipinski definition) is 1. The molecule has 4 aromatic rings. The molecule has 0 aliphatic carbocycles. The number of aromatic nitrogens is 1. The summed E-state index contributed by atoms with van der Waals surface area (Å²) in [6, 6.07) is 15.6. The van der Waals surface area contributed by atoms with Crippen LogP contribution in [0, 0.1) is 0 Å². The maximum absolute atomic E-state index is 13.7. The van der Waals surface area contributed by atoms with E-state index in [4.69, 9.17) is 27.9 Å². The summed E-state index contributed by atoms with van der Waals surface area (Å²) < 4.78 is 34.3. The predicted octanol–water partition coefficient (Wildman–Crippen LogP) is 5.62. The van der Waals surface area contributed by atoms with E-state index in [2.05, 4.69) is 9.71 Å². The normalized spacial score (nSPS) is 11.6. The van der Waals surface area contributed by atoms with Gasteiger partial charge in [0, 0.05) is 29.4 Å². The summed E-state index contributed by atoms with van der Waals surface area (Å²) in [4.78, 5) is 22.0. The first-order chi connectivity index (χ1) is 17.6. The van der Waals surface area contributed by atoms with Gasteiger partial charge in [0.15, 0.2) is 5.13 Å². The maximum Gasteiger partial charge on any atom is 0.261 e. The number of fused-ring (bicyclic) bond motifs is 1. The van der Waals surface area contributed by atoms with Crippen molar-refractivity contribution in [2.75, 3.05) is 43.9 Å². The molecule has 0 aliphatic heterocycles. The summed E-state index contributed by atoms with van der Waals surface area (Å²) in [5.74, 6) is 0.226. The molecule has 1 amide bonds. The summed E-state index contributed by atoms with van der Waals surface area (Å²) in [5.41, 5.74) is 1.12. The lowest BCUT2D eigenvalue weighted by Crippen LogP contribution is -2.36. The fraction of sp³-hybridized carbons (Fsp3) is 0.200. The lowest BCUT2D eigenvalue weighted by molar-refractivity contribution is 0.0985. The van der Waals surface area contributed by atoms with E-state index in [1.165, 1.54) is 41.7 Å². The zero-order valence-electron chi connectivity index (χ0n) is 20.2. The van der Waals surface area contributed by atoms with Gasteiger partial charge in [0.25, 0.3) is 15.9 Å². The van der Waals surface area contributed by atoms with E-state index in [0.717, 1.165) is 0 Å². The molecule has 0 atom stereocenters. The first kappa shape index (κ1) is 27.2. The summed E-state index contributed by atoms with van der Waals surface area (Å²) in [7, 11) is 1.49. The largest absolute Gasteiger partial charge is 0.494 e. The molecular weight excluding hydrogens is 555 g/mol. The van der Waals surface area contributed by atoms with E-state index < -0.39 is 10.0 Å². The van der Waals surface area contributed by atoms with Crippen molar-refractivity contribution in [3.63, 3.8) is 0 Å². The second-order valence-electron chi connectivity index (χ2n) is 8.32. The molecule has 12 heteroatoms. The highest BCUT2D eigenvalue weighted by Crippen LogP contribution is 2.39. The van der Waals surface area contributed by atoms with Gasteiger partial charge in [-0.1, -0.05) is 40.6 Å². The van der Waals surface area contributed by atoms with Crippen molar-refractivity contribution in [1.29, 1.82) is 0 Å². The predicted molar refractivity (Wildman–Crippen MR) is 150 cm³/mol. The van der Waals surface area contributed by atoms with Gasteiger partial charge < -0.3 is 9.64 Å². The summed E-state index contributed by atoms with van der Waals surface area (Å²) in [6.07, 6.45) is 0. The number of thiazole rings is 1. The minimum atomic E-state index is -3.88. The van der Waals surface area contributed by atoms with Gasteiger partial charge in [0.05, 0.1) is 21.7 Å². The molecule has 8 nitrogen and oxygen atoms in total. The molecule has 37 heavy (non-hydrogen) atoms. The zero-order chi connectivity index (χ0) is 26.7. The molecule has 0 aliphatic rings. The average molecular weight is 580 g/mol. The van der Waals surface area contributed by atoms with Crippen LogP contribution in [-0.2, 0) is 10.0 Å². The number of likely N-dealkylation sites (N-methyl/N-ethyl adjacent to an activating group) is 1. The van der Waals surface area contributed by atoms with Gasteiger partial charge in [-0.15, -0.1) is 0 Å². The van der Waals surface area contributed by atoms with Crippen LogP contribution < -0.4 is 14.4 Å². The lowest BCUT2D eigenvalue weighted by Gasteiger charge is -2.22. The minimum Gasteiger partial charge on any atom is -0.494 e. The van der Waals surface area contributed by atoms with Crippen molar-refractivity contribution in [2.24, 2.45) is 0 Å². The van der Waals surface area contributed by atoms with E-state index in [1.54, 1.807) is 42.3 Å². The fourth-order valence-electron chi connectivity index (χ4n) is 3.50. The maximum atomic E-state index is 13.7. The van der Waals surface area contributed by atoms with E-state index in [-0.39, 0.29) is 16.5 Å². The third-order valence-electron chi connectivity index (χ3n) is 5.40. The van der Waals surface area contributed by atoms with Crippen molar-refractivity contribution in [1.82, 2.24) is 9.88 Å². The quantitative estimate of drug-likeness (QED) is 0.277. The Kier molecular flexibility index (Phi) is 8.25. The van der Waals surface area contributed by atoms with Crippen LogP contribution in [0.25, 0.3) is 10.2 Å². The van der Waals surface area contributed by atoms with Crippen LogP contribution in [0.2, 0.25) is 10.0 Å². The molecule has 0 saturated heterocycles. The van der Waals surface area contributed by atoms with Crippen LogP contribution in [-0.4, -0.2) is 58.5 Å². The molecule has 0 radical (unpaired) electrons. The Morgan fingerprint density at radius 1 is 1.05 bits per heavy atom. The van der Waals surface area contributed by atoms with Gasteiger partial charge >= 0.3 is 0 Å². The molecule has 194 valence electrons. The van der Waals surface area contributed by atoms with Gasteiger partial charge in [-0.3, -0.25) is 14.4 Å². The molecule has 1 N–H and O–H groups in total. The number of carbonyl (C=O) groups is 1. The first-order valence-corrected chi connectivity index (χ1v) is 14.1. The fourth-order valence-corrected chi connectivity index (χ4v) is 5.96. The van der Waals surface area contributed by atoms with Gasteiger partial charge in [0.1, 0.15) is 11.3 Å². The number of rotatable bonds is 9. The highest BCUT2D eigenvalue weighted by Gasteiger charge is 2.24. The summed E-state index contributed by atoms with van der Waals surface area (Å²) in [6.45, 7) is 0.932. The number of methoxy groups -OCH3 is 1. The number of sulfonamides is 1. The van der Waals surface area contributed by atoms with E-state index >= 15 is 0 Å². The molecule has 1 aromatic heterocycles. The Morgan fingerprint density at radius 2 is 1.78 bits per heavy atom. The second kappa shape index (κ2) is 11.2. The Morgan fingerprint density at radius 3 is 2.46 bits per heavy atom. The van der Waals surface area contributed by atoms with Gasteiger partial charge in [-0.05, 0) is 68.7 Å². The van der Waals surface area contributed by atoms with Crippen molar-refractivity contribution in [2.45, 2.75) is 4.90 Å². The van der Waals surface area contributed by atoms with Crippen molar-refractivity contribution < 1.29 is 17.9 Å². The summed E-state index contributed by atoms with van der Waals surface area (Å²) in [5, 5.41) is 1.40. The highest BCUT2D eigenvalue weighted by atomic mass is 35.5. The topological polar surface area (TPSA) is 91.8 Å². The SMILES string of the molecule is COc1ccc(Cl)c2sc(N(CCN(C)C)C(=O)c3cccc(NS(=O)(=O)c4ccc(Cl)cc4)c3)nc12. The standard InChI is InChI=1S/C25H24Cl2N4O4S2/c1-30(2)13-14-31(25-28-22-21(35-3)12-11-20(27)23(22)36-25)24(32)16-5-4-6-18(15-16)29-37(33,34)19-9-7-17(26)8-10-19/h4-12,15,29H,13-14H2,1-3H3. The minimum absolute atomic E-state index is 0.0570. The van der Waals surface area contributed by atoms with Crippen LogP contribution in [0.5, 0.6) is 5.75 Å². The number of nitrogens with zero attached hydrogens (tertiary/aromatic N) is 3. The smallest absolute Gasteiger partial charge is 0.261 e. The van der Waals surface area contributed by atoms with E-state index in [9.17, 15) is 13.2 Å².